The molecule has 3 heteroatoms. The van der Waals surface area contributed by atoms with Crippen molar-refractivity contribution in [2.75, 3.05) is 13.1 Å². The molecule has 0 aliphatic carbocycles. The lowest BCUT2D eigenvalue weighted by Gasteiger charge is -2.18. The van der Waals surface area contributed by atoms with Crippen LogP contribution < -0.4 is 4.74 Å². The predicted octanol–water partition coefficient (Wildman–Crippen LogP) is 4.35. The van der Waals surface area contributed by atoms with Gasteiger partial charge in [-0.2, -0.15) is 0 Å². The molecule has 2 aromatic carbocycles. The lowest BCUT2D eigenvalue weighted by atomic mass is 10.1. The average Bonchev–Trinajstić information content (AvgIpc) is 3.07. The van der Waals surface area contributed by atoms with Crippen molar-refractivity contribution in [2.24, 2.45) is 0 Å². The number of thiocarbonyl (C=S) groups is 1. The summed E-state index contributed by atoms with van der Waals surface area (Å²) in [6.07, 6.45) is 2.50. The molecule has 0 aromatic heterocycles. The number of hydrogen-bond donors (Lipinski definition) is 0. The zero-order valence-corrected chi connectivity index (χ0v) is 13.7. The number of ether oxygens (including phenoxy) is 1. The Kier molecular flexibility index (Phi) is 4.74. The lowest BCUT2D eigenvalue weighted by Crippen LogP contribution is -2.26. The molecule has 22 heavy (non-hydrogen) atoms. The van der Waals surface area contributed by atoms with E-state index in [0.717, 1.165) is 29.4 Å². The monoisotopic (exact) mass is 311 g/mol. The molecule has 1 aliphatic rings. The quantitative estimate of drug-likeness (QED) is 0.779. The third-order valence-corrected chi connectivity index (χ3v) is 4.48. The van der Waals surface area contributed by atoms with E-state index in [1.54, 1.807) is 0 Å². The molecule has 0 N–H and O–H groups in total. The second-order valence-electron chi connectivity index (χ2n) is 5.80. The van der Waals surface area contributed by atoms with Gasteiger partial charge in [0, 0.05) is 18.7 Å². The maximum atomic E-state index is 5.85. The molecule has 1 aliphatic heterocycles. The SMILES string of the molecule is Cc1cccc(COc2ccc(C(=S)N3CCCC3)cc2)c1. The maximum Gasteiger partial charge on any atom is 0.119 e. The van der Waals surface area contributed by atoms with Gasteiger partial charge in [0.1, 0.15) is 17.3 Å². The molecule has 1 saturated heterocycles. The molecule has 2 aromatic rings. The Labute approximate surface area is 137 Å². The minimum absolute atomic E-state index is 0.595. The van der Waals surface area contributed by atoms with Gasteiger partial charge in [0.2, 0.25) is 0 Å². The molecular formula is C19H21NOS. The Morgan fingerprint density at radius 3 is 2.50 bits per heavy atom. The summed E-state index contributed by atoms with van der Waals surface area (Å²) in [6.45, 7) is 4.87. The smallest absolute Gasteiger partial charge is 0.119 e. The summed E-state index contributed by atoms with van der Waals surface area (Å²) in [5.74, 6) is 0.884. The highest BCUT2D eigenvalue weighted by Crippen LogP contribution is 2.18. The van der Waals surface area contributed by atoms with E-state index in [1.807, 2.05) is 12.1 Å². The van der Waals surface area contributed by atoms with Crippen molar-refractivity contribution >= 4 is 17.2 Å². The van der Waals surface area contributed by atoms with Gasteiger partial charge in [-0.1, -0.05) is 42.0 Å². The standard InChI is InChI=1S/C19H21NOS/c1-15-5-4-6-16(13-15)14-21-18-9-7-17(8-10-18)19(22)20-11-2-3-12-20/h4-10,13H,2-3,11-12,14H2,1H3. The van der Waals surface area contributed by atoms with Crippen LogP contribution in [0.4, 0.5) is 0 Å². The van der Waals surface area contributed by atoms with Crippen LogP contribution in [-0.2, 0) is 6.61 Å². The summed E-state index contributed by atoms with van der Waals surface area (Å²) in [4.78, 5) is 3.25. The minimum atomic E-state index is 0.595. The van der Waals surface area contributed by atoms with Crippen LogP contribution in [0.25, 0.3) is 0 Å². The first kappa shape index (κ1) is 15.0. The van der Waals surface area contributed by atoms with Gasteiger partial charge in [-0.3, -0.25) is 0 Å². The number of aryl methyl sites for hydroxylation is 1. The van der Waals surface area contributed by atoms with Gasteiger partial charge >= 0.3 is 0 Å². The molecule has 0 bridgehead atoms. The zero-order valence-electron chi connectivity index (χ0n) is 12.9. The molecular weight excluding hydrogens is 290 g/mol. The van der Waals surface area contributed by atoms with Crippen molar-refractivity contribution in [3.8, 4) is 5.75 Å². The first-order chi connectivity index (χ1) is 10.7. The van der Waals surface area contributed by atoms with E-state index in [-0.39, 0.29) is 0 Å². The Balaban J connectivity index is 1.60. The van der Waals surface area contributed by atoms with Crippen LogP contribution in [0, 0.1) is 6.92 Å². The van der Waals surface area contributed by atoms with Gasteiger partial charge in [-0.15, -0.1) is 0 Å². The molecule has 2 nitrogen and oxygen atoms in total. The molecule has 0 saturated carbocycles. The molecule has 0 spiro atoms. The van der Waals surface area contributed by atoms with E-state index in [9.17, 15) is 0 Å². The Morgan fingerprint density at radius 1 is 1.09 bits per heavy atom. The Bertz CT molecular complexity index is 645. The van der Waals surface area contributed by atoms with Crippen molar-refractivity contribution in [3.05, 3.63) is 65.2 Å². The van der Waals surface area contributed by atoms with E-state index >= 15 is 0 Å². The van der Waals surface area contributed by atoms with Crippen LogP contribution in [0.15, 0.2) is 48.5 Å². The first-order valence-corrected chi connectivity index (χ1v) is 8.21. The van der Waals surface area contributed by atoms with Gasteiger partial charge in [-0.25, -0.2) is 0 Å². The van der Waals surface area contributed by atoms with Crippen LogP contribution in [0.3, 0.4) is 0 Å². The topological polar surface area (TPSA) is 12.5 Å². The fraction of sp³-hybridized carbons (Fsp3) is 0.316. The highest BCUT2D eigenvalue weighted by atomic mass is 32.1. The predicted molar refractivity (Wildman–Crippen MR) is 94.5 cm³/mol. The molecule has 1 heterocycles. The fourth-order valence-corrected chi connectivity index (χ4v) is 3.08. The van der Waals surface area contributed by atoms with E-state index in [1.165, 1.54) is 24.0 Å². The second-order valence-corrected chi connectivity index (χ2v) is 6.19. The van der Waals surface area contributed by atoms with Crippen LogP contribution in [0.5, 0.6) is 5.75 Å². The van der Waals surface area contributed by atoms with Gasteiger partial charge in [0.15, 0.2) is 0 Å². The van der Waals surface area contributed by atoms with E-state index in [0.29, 0.717) is 6.61 Å². The van der Waals surface area contributed by atoms with Crippen LogP contribution in [0.2, 0.25) is 0 Å². The summed E-state index contributed by atoms with van der Waals surface area (Å²) in [5, 5.41) is 0. The molecule has 3 rings (SSSR count). The molecule has 0 radical (unpaired) electrons. The summed E-state index contributed by atoms with van der Waals surface area (Å²) >= 11 is 5.56. The minimum Gasteiger partial charge on any atom is -0.489 e. The Morgan fingerprint density at radius 2 is 1.82 bits per heavy atom. The summed E-state index contributed by atoms with van der Waals surface area (Å²) in [5.41, 5.74) is 3.56. The van der Waals surface area contributed by atoms with Gasteiger partial charge in [-0.05, 0) is 49.6 Å². The summed E-state index contributed by atoms with van der Waals surface area (Å²) in [6, 6.07) is 16.5. The van der Waals surface area contributed by atoms with E-state index in [2.05, 4.69) is 48.2 Å². The average molecular weight is 311 g/mol. The highest BCUT2D eigenvalue weighted by molar-refractivity contribution is 7.80. The van der Waals surface area contributed by atoms with Crippen LogP contribution >= 0.6 is 12.2 Å². The number of nitrogens with zero attached hydrogens (tertiary/aromatic N) is 1. The van der Waals surface area contributed by atoms with Gasteiger partial charge in [0.05, 0.1) is 0 Å². The van der Waals surface area contributed by atoms with E-state index < -0.39 is 0 Å². The number of benzene rings is 2. The summed E-state index contributed by atoms with van der Waals surface area (Å²) < 4.78 is 5.85. The van der Waals surface area contributed by atoms with Crippen molar-refractivity contribution in [1.82, 2.24) is 4.90 Å². The first-order valence-electron chi connectivity index (χ1n) is 7.80. The second kappa shape index (κ2) is 6.93. The van der Waals surface area contributed by atoms with Crippen molar-refractivity contribution in [2.45, 2.75) is 26.4 Å². The zero-order chi connectivity index (χ0) is 15.4. The molecule has 0 atom stereocenters. The number of hydrogen-bond acceptors (Lipinski definition) is 2. The molecule has 0 unspecified atom stereocenters. The molecule has 0 amide bonds. The fourth-order valence-electron chi connectivity index (χ4n) is 2.77. The number of likely N-dealkylation sites (tertiary alicyclic amines) is 1. The number of rotatable bonds is 4. The molecule has 1 fully saturated rings. The van der Waals surface area contributed by atoms with Crippen LogP contribution in [-0.4, -0.2) is 23.0 Å². The largest absolute Gasteiger partial charge is 0.489 e. The van der Waals surface area contributed by atoms with Crippen molar-refractivity contribution < 1.29 is 4.74 Å². The van der Waals surface area contributed by atoms with Crippen molar-refractivity contribution in [1.29, 1.82) is 0 Å². The van der Waals surface area contributed by atoms with Gasteiger partial charge in [0.25, 0.3) is 0 Å². The van der Waals surface area contributed by atoms with Gasteiger partial charge < -0.3 is 9.64 Å². The molecule has 114 valence electrons. The maximum absolute atomic E-state index is 5.85. The van der Waals surface area contributed by atoms with Crippen molar-refractivity contribution in [3.63, 3.8) is 0 Å². The third kappa shape index (κ3) is 3.66. The third-order valence-electron chi connectivity index (χ3n) is 3.98. The normalized spacial score (nSPS) is 14.1. The summed E-state index contributed by atoms with van der Waals surface area (Å²) in [7, 11) is 0. The Hall–Kier alpha value is -1.87. The highest BCUT2D eigenvalue weighted by Gasteiger charge is 2.15. The lowest BCUT2D eigenvalue weighted by molar-refractivity contribution is 0.306. The van der Waals surface area contributed by atoms with Crippen LogP contribution in [0.1, 0.15) is 29.5 Å². The van der Waals surface area contributed by atoms with E-state index in [4.69, 9.17) is 17.0 Å².